The Balaban J connectivity index is 1.65. The summed E-state index contributed by atoms with van der Waals surface area (Å²) in [5.41, 5.74) is 3.07. The number of hydrogen-bond donors (Lipinski definition) is 1. The van der Waals surface area contributed by atoms with Crippen molar-refractivity contribution in [1.29, 1.82) is 0 Å². The smallest absolute Gasteiger partial charge is 0.407 e. The van der Waals surface area contributed by atoms with Gasteiger partial charge in [0.05, 0.1) is 0 Å². The maximum Gasteiger partial charge on any atom is 0.407 e. The Bertz CT molecular complexity index is 701. The highest BCUT2D eigenvalue weighted by Crippen LogP contribution is 2.33. The molecule has 1 aromatic carbocycles. The number of rotatable bonds is 2. The number of carbonyl (C=O) groups is 1. The number of nitrogens with one attached hydrogen (secondary N) is 1. The van der Waals surface area contributed by atoms with Crippen molar-refractivity contribution < 1.29 is 14.3 Å². The van der Waals surface area contributed by atoms with E-state index < -0.39 is 6.09 Å². The van der Waals surface area contributed by atoms with Crippen molar-refractivity contribution in [2.75, 3.05) is 6.54 Å². The van der Waals surface area contributed by atoms with Gasteiger partial charge in [-0.15, -0.1) is 0 Å². The highest BCUT2D eigenvalue weighted by Gasteiger charge is 2.37. The highest BCUT2D eigenvalue weighted by atomic mass is 16.6. The first kappa shape index (κ1) is 17.7. The normalized spacial score (nSPS) is 23.7. The fourth-order valence-electron chi connectivity index (χ4n) is 3.70. The lowest BCUT2D eigenvalue weighted by Crippen LogP contribution is -2.42. The van der Waals surface area contributed by atoms with E-state index in [9.17, 15) is 9.59 Å². The molecule has 0 saturated heterocycles. The Labute approximate surface area is 149 Å². The molecule has 1 heterocycles. The van der Waals surface area contributed by atoms with Crippen LogP contribution in [0.2, 0.25) is 0 Å². The predicted molar refractivity (Wildman–Crippen MR) is 95.9 cm³/mol. The number of fused-ring (bicyclic) bond motifs is 1. The summed E-state index contributed by atoms with van der Waals surface area (Å²) >= 11 is 0. The first-order valence-corrected chi connectivity index (χ1v) is 8.89. The van der Waals surface area contributed by atoms with E-state index in [1.54, 1.807) is 0 Å². The summed E-state index contributed by atoms with van der Waals surface area (Å²) in [5, 5.41) is 2.80. The van der Waals surface area contributed by atoms with Gasteiger partial charge in [0.25, 0.3) is 0 Å². The summed E-state index contributed by atoms with van der Waals surface area (Å²) in [6.45, 7) is 7.47. The van der Waals surface area contributed by atoms with Crippen LogP contribution < -0.4 is 5.32 Å². The van der Waals surface area contributed by atoms with Crippen LogP contribution in [0.15, 0.2) is 29.8 Å². The van der Waals surface area contributed by atoms with Gasteiger partial charge in [-0.2, -0.15) is 0 Å². The summed E-state index contributed by atoms with van der Waals surface area (Å²) in [6.07, 6.45) is 1.43. The quantitative estimate of drug-likeness (QED) is 0.840. The molecule has 2 unspecified atom stereocenters. The molecule has 0 bridgehead atoms. The lowest BCUT2D eigenvalue weighted by Gasteiger charge is -2.33. The SMILES string of the molecule is CC(C)(C)NC(=O)OC1CC(=C=O)C(N2CCc3ccccc3C2)C1. The van der Waals surface area contributed by atoms with Crippen LogP contribution in [0.5, 0.6) is 0 Å². The van der Waals surface area contributed by atoms with Gasteiger partial charge in [-0.05, 0) is 38.3 Å². The molecular formula is C20H26N2O3. The molecule has 1 N–H and O–H groups in total. The zero-order valence-electron chi connectivity index (χ0n) is 15.2. The molecule has 1 aliphatic carbocycles. The number of hydrogen-bond acceptors (Lipinski definition) is 4. The predicted octanol–water partition coefficient (Wildman–Crippen LogP) is 2.86. The second-order valence-corrected chi connectivity index (χ2v) is 7.97. The molecule has 3 rings (SSSR count). The Morgan fingerprint density at radius 1 is 1.28 bits per heavy atom. The van der Waals surface area contributed by atoms with Gasteiger partial charge in [0, 0.05) is 43.1 Å². The third kappa shape index (κ3) is 4.30. The Morgan fingerprint density at radius 2 is 2.00 bits per heavy atom. The van der Waals surface area contributed by atoms with Gasteiger partial charge in [-0.1, -0.05) is 24.3 Å². The molecule has 2 atom stereocenters. The van der Waals surface area contributed by atoms with Crippen LogP contribution in [0.1, 0.15) is 44.7 Å². The molecule has 25 heavy (non-hydrogen) atoms. The molecule has 2 aliphatic rings. The lowest BCUT2D eigenvalue weighted by atomic mass is 9.97. The standard InChI is InChI=1S/C20H26N2O3/c1-20(2,3)21-19(24)25-17-10-16(13-23)18(11-17)22-9-8-14-6-4-5-7-15(14)12-22/h4-7,17-18H,8-12H2,1-3H3,(H,21,24). The van der Waals surface area contributed by atoms with Crippen molar-refractivity contribution in [3.05, 3.63) is 41.0 Å². The summed E-state index contributed by atoms with van der Waals surface area (Å²) in [5.74, 6) is 2.10. The minimum atomic E-state index is -0.424. The van der Waals surface area contributed by atoms with Crippen molar-refractivity contribution in [3.8, 4) is 0 Å². The van der Waals surface area contributed by atoms with Gasteiger partial charge in [0.15, 0.2) is 0 Å². The number of benzene rings is 1. The van der Waals surface area contributed by atoms with E-state index in [0.29, 0.717) is 18.4 Å². The molecular weight excluding hydrogens is 316 g/mol. The monoisotopic (exact) mass is 342 g/mol. The van der Waals surface area contributed by atoms with Crippen LogP contribution in [-0.4, -0.2) is 41.2 Å². The van der Waals surface area contributed by atoms with Gasteiger partial charge < -0.3 is 10.1 Å². The van der Waals surface area contributed by atoms with E-state index in [1.165, 1.54) is 11.1 Å². The third-order valence-electron chi connectivity index (χ3n) is 4.82. The third-order valence-corrected chi connectivity index (χ3v) is 4.82. The maximum absolute atomic E-state index is 12.0. The van der Waals surface area contributed by atoms with Crippen LogP contribution in [-0.2, 0) is 22.5 Å². The Hall–Kier alpha value is -2.10. The van der Waals surface area contributed by atoms with Crippen molar-refractivity contribution in [2.45, 2.75) is 64.3 Å². The Morgan fingerprint density at radius 3 is 2.68 bits per heavy atom. The van der Waals surface area contributed by atoms with Gasteiger partial charge in [0.1, 0.15) is 12.0 Å². The molecule has 1 fully saturated rings. The van der Waals surface area contributed by atoms with Crippen LogP contribution in [0.25, 0.3) is 0 Å². The fraction of sp³-hybridized carbons (Fsp3) is 0.550. The number of alkyl carbamates (subject to hydrolysis) is 1. The molecule has 5 heteroatoms. The van der Waals surface area contributed by atoms with Crippen LogP contribution >= 0.6 is 0 Å². The van der Waals surface area contributed by atoms with Gasteiger partial charge >= 0.3 is 6.09 Å². The van der Waals surface area contributed by atoms with Crippen molar-refractivity contribution in [1.82, 2.24) is 10.2 Å². The molecule has 1 aliphatic heterocycles. The molecule has 0 spiro atoms. The zero-order valence-corrected chi connectivity index (χ0v) is 15.2. The molecule has 1 aromatic rings. The van der Waals surface area contributed by atoms with Crippen LogP contribution in [0.3, 0.4) is 0 Å². The van der Waals surface area contributed by atoms with E-state index in [2.05, 4.69) is 40.4 Å². The molecule has 0 radical (unpaired) electrons. The van der Waals surface area contributed by atoms with Gasteiger partial charge in [-0.25, -0.2) is 9.59 Å². The molecule has 0 aromatic heterocycles. The van der Waals surface area contributed by atoms with E-state index >= 15 is 0 Å². The number of carbonyl (C=O) groups excluding carboxylic acids is 2. The zero-order chi connectivity index (χ0) is 18.0. The summed E-state index contributed by atoms with van der Waals surface area (Å²) < 4.78 is 5.53. The topological polar surface area (TPSA) is 58.6 Å². The molecule has 5 nitrogen and oxygen atoms in total. The number of nitrogens with zero attached hydrogens (tertiary/aromatic N) is 1. The fourth-order valence-corrected chi connectivity index (χ4v) is 3.70. The second kappa shape index (κ2) is 7.03. The van der Waals surface area contributed by atoms with Gasteiger partial charge in [-0.3, -0.25) is 4.90 Å². The molecule has 134 valence electrons. The number of ether oxygens (including phenoxy) is 1. The van der Waals surface area contributed by atoms with Crippen LogP contribution in [0.4, 0.5) is 4.79 Å². The second-order valence-electron chi connectivity index (χ2n) is 7.97. The minimum absolute atomic E-state index is 0.0123. The molecule has 1 saturated carbocycles. The van der Waals surface area contributed by atoms with E-state index in [0.717, 1.165) is 19.5 Å². The van der Waals surface area contributed by atoms with Crippen molar-refractivity contribution in [2.24, 2.45) is 0 Å². The minimum Gasteiger partial charge on any atom is -0.446 e. The van der Waals surface area contributed by atoms with E-state index in [4.69, 9.17) is 4.74 Å². The van der Waals surface area contributed by atoms with Crippen molar-refractivity contribution >= 4 is 12.0 Å². The maximum atomic E-state index is 12.0. The number of amides is 1. The first-order chi connectivity index (χ1) is 11.9. The van der Waals surface area contributed by atoms with Crippen LogP contribution in [0, 0.1) is 0 Å². The van der Waals surface area contributed by atoms with E-state index in [1.807, 2.05) is 20.8 Å². The average Bonchev–Trinajstić information content (AvgIpc) is 2.95. The summed E-state index contributed by atoms with van der Waals surface area (Å²) in [4.78, 5) is 25.7. The highest BCUT2D eigenvalue weighted by molar-refractivity contribution is 5.68. The average molecular weight is 342 g/mol. The van der Waals surface area contributed by atoms with Crippen molar-refractivity contribution in [3.63, 3.8) is 0 Å². The van der Waals surface area contributed by atoms with Gasteiger partial charge in [0.2, 0.25) is 0 Å². The first-order valence-electron chi connectivity index (χ1n) is 8.89. The van der Waals surface area contributed by atoms with E-state index in [-0.39, 0.29) is 17.7 Å². The lowest BCUT2D eigenvalue weighted by molar-refractivity contribution is 0.0863. The largest absolute Gasteiger partial charge is 0.446 e. The summed E-state index contributed by atoms with van der Waals surface area (Å²) in [7, 11) is 0. The summed E-state index contributed by atoms with van der Waals surface area (Å²) in [6, 6.07) is 8.44. The Kier molecular flexibility index (Phi) is 4.98. The molecule has 1 amide bonds.